The van der Waals surface area contributed by atoms with Crippen molar-refractivity contribution in [3.8, 4) is 6.07 Å². The predicted octanol–water partition coefficient (Wildman–Crippen LogP) is 10.4. The largest absolute Gasteiger partial charge is 0.308 e. The zero-order chi connectivity index (χ0) is 29.0. The molecule has 7 rings (SSSR count). The summed E-state index contributed by atoms with van der Waals surface area (Å²) in [5, 5.41) is 16.6. The van der Waals surface area contributed by atoms with Gasteiger partial charge in [0.05, 0.1) is 39.5 Å². The monoisotopic (exact) mass is 541 g/mol. The first-order chi connectivity index (χ1) is 20.4. The molecular weight excluding hydrogens is 510 g/mol. The Labute approximate surface area is 245 Å². The summed E-state index contributed by atoms with van der Waals surface area (Å²) in [5.74, 6) is 0. The fourth-order valence-corrected chi connectivity index (χ4v) is 6.33. The Hall–Kier alpha value is -5.33. The van der Waals surface area contributed by atoms with E-state index in [1.54, 1.807) is 0 Å². The van der Waals surface area contributed by atoms with Crippen LogP contribution in [0.1, 0.15) is 26.3 Å². The highest BCUT2D eigenvalue weighted by Crippen LogP contribution is 2.42. The molecule has 42 heavy (non-hydrogen) atoms. The first-order valence-corrected chi connectivity index (χ1v) is 14.3. The number of hydrogen-bond donors (Lipinski definition) is 0. The Morgan fingerprint density at radius 1 is 0.690 bits per heavy atom. The second-order valence-corrected chi connectivity index (χ2v) is 11.9. The molecule has 2 heterocycles. The van der Waals surface area contributed by atoms with Crippen LogP contribution in [0.5, 0.6) is 0 Å². The van der Waals surface area contributed by atoms with Gasteiger partial charge in [0.25, 0.3) is 0 Å². The summed E-state index contributed by atoms with van der Waals surface area (Å²) >= 11 is 0. The average molecular weight is 542 g/mol. The van der Waals surface area contributed by atoms with Gasteiger partial charge in [0, 0.05) is 27.6 Å². The first-order valence-electron chi connectivity index (χ1n) is 14.3. The van der Waals surface area contributed by atoms with E-state index in [-0.39, 0.29) is 5.41 Å². The maximum Gasteiger partial charge on any atom is 0.0912 e. The molecule has 0 N–H and O–H groups in total. The van der Waals surface area contributed by atoms with E-state index in [2.05, 4.69) is 139 Å². The van der Waals surface area contributed by atoms with Gasteiger partial charge in [-0.25, -0.2) is 0 Å². The van der Waals surface area contributed by atoms with Crippen LogP contribution in [0.4, 0.5) is 0 Å². The molecule has 0 aliphatic rings. The molecule has 0 bridgehead atoms. The van der Waals surface area contributed by atoms with Crippen molar-refractivity contribution in [2.45, 2.75) is 26.2 Å². The van der Waals surface area contributed by atoms with Crippen LogP contribution in [0.3, 0.4) is 0 Å². The van der Waals surface area contributed by atoms with E-state index in [0.717, 1.165) is 33.5 Å². The standard InChI is InChI=1S/C39H31N3/c1-26(41-34-18-9-7-15-30(34)31-16-8-10-19-35(31)41)33(17-11-12-24-40)42-36-23-21-28(39(2,3)4)25-32(36)38-29-14-6-5-13-27(29)20-22-37(38)42/h5-23,25H,1H2,2-4H3/b12-11+,33-17+. The lowest BCUT2D eigenvalue weighted by Crippen LogP contribution is -2.10. The van der Waals surface area contributed by atoms with Crippen LogP contribution in [-0.4, -0.2) is 9.13 Å². The molecule has 2 aromatic heterocycles. The summed E-state index contributed by atoms with van der Waals surface area (Å²) in [5.41, 5.74) is 7.45. The number of fused-ring (bicyclic) bond motifs is 8. The molecule has 202 valence electrons. The Balaban J connectivity index is 1.61. The number of allylic oxidation sites excluding steroid dienone is 5. The maximum absolute atomic E-state index is 9.38. The van der Waals surface area contributed by atoms with Crippen molar-refractivity contribution in [2.24, 2.45) is 0 Å². The zero-order valence-electron chi connectivity index (χ0n) is 24.1. The molecule has 0 atom stereocenters. The maximum atomic E-state index is 9.38. The highest BCUT2D eigenvalue weighted by atomic mass is 15.1. The molecule has 5 aromatic carbocycles. The summed E-state index contributed by atoms with van der Waals surface area (Å²) in [4.78, 5) is 0. The number of hydrogen-bond acceptors (Lipinski definition) is 1. The predicted molar refractivity (Wildman–Crippen MR) is 179 cm³/mol. The van der Waals surface area contributed by atoms with Crippen molar-refractivity contribution in [2.75, 3.05) is 0 Å². The molecular formula is C39H31N3. The molecule has 0 unspecified atom stereocenters. The van der Waals surface area contributed by atoms with Crippen LogP contribution in [0.15, 0.2) is 128 Å². The normalized spacial score (nSPS) is 12.8. The fourth-order valence-electron chi connectivity index (χ4n) is 6.33. The van der Waals surface area contributed by atoms with Crippen LogP contribution in [-0.2, 0) is 5.41 Å². The van der Waals surface area contributed by atoms with Crippen molar-refractivity contribution < 1.29 is 0 Å². The lowest BCUT2D eigenvalue weighted by molar-refractivity contribution is 0.591. The number of rotatable bonds is 4. The fraction of sp³-hybridized carbons (Fsp3) is 0.103. The van der Waals surface area contributed by atoms with Gasteiger partial charge < -0.3 is 9.13 Å². The van der Waals surface area contributed by atoms with E-state index in [0.29, 0.717) is 0 Å². The first kappa shape index (κ1) is 25.6. The van der Waals surface area contributed by atoms with E-state index in [4.69, 9.17) is 6.58 Å². The van der Waals surface area contributed by atoms with E-state index in [9.17, 15) is 5.26 Å². The molecule has 0 saturated heterocycles. The van der Waals surface area contributed by atoms with Crippen molar-refractivity contribution in [1.29, 1.82) is 5.26 Å². The minimum atomic E-state index is 0.00791. The van der Waals surface area contributed by atoms with Crippen molar-refractivity contribution >= 4 is 65.8 Å². The second kappa shape index (κ2) is 9.65. The Morgan fingerprint density at radius 2 is 1.29 bits per heavy atom. The number of nitriles is 1. The Kier molecular flexibility index (Phi) is 5.89. The highest BCUT2D eigenvalue weighted by molar-refractivity contribution is 6.23. The van der Waals surface area contributed by atoms with Gasteiger partial charge >= 0.3 is 0 Å². The molecule has 0 aliphatic carbocycles. The van der Waals surface area contributed by atoms with E-state index in [1.807, 2.05) is 12.2 Å². The van der Waals surface area contributed by atoms with Crippen molar-refractivity contribution in [3.63, 3.8) is 0 Å². The zero-order valence-corrected chi connectivity index (χ0v) is 24.1. The third-order valence-corrected chi connectivity index (χ3v) is 8.33. The van der Waals surface area contributed by atoms with Gasteiger partial charge in [-0.1, -0.05) is 100 Å². The van der Waals surface area contributed by atoms with Gasteiger partial charge in [0.15, 0.2) is 0 Å². The molecule has 7 aromatic rings. The van der Waals surface area contributed by atoms with Gasteiger partial charge in [-0.2, -0.15) is 5.26 Å². The summed E-state index contributed by atoms with van der Waals surface area (Å²) in [6.45, 7) is 11.5. The smallest absolute Gasteiger partial charge is 0.0912 e. The van der Waals surface area contributed by atoms with E-state index < -0.39 is 0 Å². The van der Waals surface area contributed by atoms with Gasteiger partial charge in [-0.05, 0) is 64.2 Å². The van der Waals surface area contributed by atoms with Crippen LogP contribution in [0, 0.1) is 11.3 Å². The molecule has 0 aliphatic heterocycles. The van der Waals surface area contributed by atoms with Crippen molar-refractivity contribution in [1.82, 2.24) is 9.13 Å². The summed E-state index contributed by atoms with van der Waals surface area (Å²) in [6.07, 6.45) is 5.34. The van der Waals surface area contributed by atoms with Gasteiger partial charge in [0.2, 0.25) is 0 Å². The van der Waals surface area contributed by atoms with Crippen LogP contribution >= 0.6 is 0 Å². The molecule has 0 radical (unpaired) electrons. The summed E-state index contributed by atoms with van der Waals surface area (Å²) < 4.78 is 4.57. The quantitative estimate of drug-likeness (QED) is 0.161. The van der Waals surface area contributed by atoms with Gasteiger partial charge in [0.1, 0.15) is 0 Å². The lowest BCUT2D eigenvalue weighted by Gasteiger charge is -2.20. The molecule has 0 spiro atoms. The Bertz CT molecular complexity index is 2250. The minimum Gasteiger partial charge on any atom is -0.308 e. The number of aromatic nitrogens is 2. The van der Waals surface area contributed by atoms with Gasteiger partial charge in [-0.3, -0.25) is 0 Å². The molecule has 0 fully saturated rings. The summed E-state index contributed by atoms with van der Waals surface area (Å²) in [6, 6.07) is 39.0. The molecule has 0 amide bonds. The van der Waals surface area contributed by atoms with Crippen LogP contribution < -0.4 is 0 Å². The van der Waals surface area contributed by atoms with Gasteiger partial charge in [-0.15, -0.1) is 0 Å². The third kappa shape index (κ3) is 3.88. The number of para-hydroxylation sites is 2. The lowest BCUT2D eigenvalue weighted by atomic mass is 9.86. The number of benzene rings is 5. The molecule has 3 heteroatoms. The number of nitrogens with zero attached hydrogens (tertiary/aromatic N) is 3. The van der Waals surface area contributed by atoms with Crippen LogP contribution in [0.2, 0.25) is 0 Å². The Morgan fingerprint density at radius 3 is 1.95 bits per heavy atom. The second-order valence-electron chi connectivity index (χ2n) is 11.9. The van der Waals surface area contributed by atoms with E-state index in [1.165, 1.54) is 44.0 Å². The third-order valence-electron chi connectivity index (χ3n) is 8.33. The summed E-state index contributed by atoms with van der Waals surface area (Å²) in [7, 11) is 0. The minimum absolute atomic E-state index is 0.00791. The molecule has 3 nitrogen and oxygen atoms in total. The van der Waals surface area contributed by atoms with E-state index >= 15 is 0 Å². The molecule has 0 saturated carbocycles. The topological polar surface area (TPSA) is 33.6 Å². The van der Waals surface area contributed by atoms with Crippen LogP contribution in [0.25, 0.3) is 65.8 Å². The highest BCUT2D eigenvalue weighted by Gasteiger charge is 2.22. The van der Waals surface area contributed by atoms with Crippen molar-refractivity contribution in [3.05, 3.63) is 133 Å². The average Bonchev–Trinajstić information content (AvgIpc) is 3.51. The SMILES string of the molecule is C=C(/C(=C\C=C\C#N)n1c2ccc(C(C)(C)C)cc2c2c3ccccc3ccc21)n1c2ccccc2c2ccccc21.